The van der Waals surface area contributed by atoms with Crippen LogP contribution in [0.3, 0.4) is 0 Å². The zero-order valence-electron chi connectivity index (χ0n) is 15.4. The molecule has 0 saturated carbocycles. The van der Waals surface area contributed by atoms with Gasteiger partial charge in [-0.05, 0) is 23.3 Å². The first-order chi connectivity index (χ1) is 13.9. The molecule has 0 radical (unpaired) electrons. The smallest absolute Gasteiger partial charge is 0.331 e. The molecule has 3 rings (SSSR count). The van der Waals surface area contributed by atoms with E-state index in [2.05, 4.69) is 5.32 Å². The first-order valence-electron chi connectivity index (χ1n) is 8.87. The maximum absolute atomic E-state index is 12.6. The van der Waals surface area contributed by atoms with E-state index in [4.69, 9.17) is 5.11 Å². The van der Waals surface area contributed by atoms with E-state index in [0.717, 1.165) is 10.1 Å². The van der Waals surface area contributed by atoms with Crippen molar-refractivity contribution < 1.29 is 14.7 Å². The molecule has 0 atom stereocenters. The molecule has 148 valence electrons. The van der Waals surface area contributed by atoms with Gasteiger partial charge in [-0.3, -0.25) is 23.5 Å². The van der Waals surface area contributed by atoms with Crippen molar-refractivity contribution in [3.05, 3.63) is 98.8 Å². The highest BCUT2D eigenvalue weighted by molar-refractivity contribution is 5.90. The number of nitrogens with zero attached hydrogens (tertiary/aromatic N) is 2. The first-order valence-corrected chi connectivity index (χ1v) is 8.87. The van der Waals surface area contributed by atoms with Gasteiger partial charge in [-0.15, -0.1) is 0 Å². The fraction of sp³-hybridized carbons (Fsp3) is 0.143. The Bertz CT molecular complexity index is 1150. The Hall–Kier alpha value is -3.94. The minimum absolute atomic E-state index is 0.175. The summed E-state index contributed by atoms with van der Waals surface area (Å²) < 4.78 is 2.22. The number of hydrogen-bond acceptors (Lipinski definition) is 4. The highest BCUT2D eigenvalue weighted by Crippen LogP contribution is 2.11. The molecule has 8 heteroatoms. The third kappa shape index (κ3) is 5.29. The molecule has 2 N–H and O–H groups in total. The number of aliphatic carboxylic acids is 1. The normalized spacial score (nSPS) is 10.5. The SMILES string of the molecule is O=C(O)Cc1cccc(NC(=O)Cn2c(=O)ccn(Cc3ccccc3)c2=O)c1. The molecule has 0 aliphatic heterocycles. The van der Waals surface area contributed by atoms with Gasteiger partial charge in [-0.2, -0.15) is 0 Å². The second-order valence-corrected chi connectivity index (χ2v) is 6.46. The van der Waals surface area contributed by atoms with Crippen molar-refractivity contribution in [2.45, 2.75) is 19.5 Å². The number of anilines is 1. The molecular weight excluding hydrogens is 374 g/mol. The minimum Gasteiger partial charge on any atom is -0.481 e. The van der Waals surface area contributed by atoms with E-state index in [1.807, 2.05) is 30.3 Å². The molecule has 3 aromatic rings. The van der Waals surface area contributed by atoms with Gasteiger partial charge in [0, 0.05) is 18.0 Å². The lowest BCUT2D eigenvalue weighted by molar-refractivity contribution is -0.136. The van der Waals surface area contributed by atoms with E-state index in [1.54, 1.807) is 18.2 Å². The first kappa shape index (κ1) is 19.8. The van der Waals surface area contributed by atoms with Gasteiger partial charge in [0.25, 0.3) is 5.56 Å². The summed E-state index contributed by atoms with van der Waals surface area (Å²) in [7, 11) is 0. The third-order valence-electron chi connectivity index (χ3n) is 4.20. The van der Waals surface area contributed by atoms with Crippen LogP contribution >= 0.6 is 0 Å². The third-order valence-corrected chi connectivity index (χ3v) is 4.20. The molecule has 2 aromatic carbocycles. The Morgan fingerprint density at radius 3 is 2.38 bits per heavy atom. The van der Waals surface area contributed by atoms with Crippen LogP contribution in [-0.4, -0.2) is 26.1 Å². The monoisotopic (exact) mass is 393 g/mol. The van der Waals surface area contributed by atoms with Crippen molar-refractivity contribution in [3.63, 3.8) is 0 Å². The van der Waals surface area contributed by atoms with Crippen LogP contribution in [0.5, 0.6) is 0 Å². The predicted octanol–water partition coefficient (Wildman–Crippen LogP) is 1.32. The molecule has 0 bridgehead atoms. The van der Waals surface area contributed by atoms with Crippen LogP contribution < -0.4 is 16.6 Å². The lowest BCUT2D eigenvalue weighted by Crippen LogP contribution is -2.41. The summed E-state index contributed by atoms with van der Waals surface area (Å²) in [5, 5.41) is 11.5. The summed E-state index contributed by atoms with van der Waals surface area (Å²) in [4.78, 5) is 47.9. The van der Waals surface area contributed by atoms with Gasteiger partial charge < -0.3 is 10.4 Å². The van der Waals surface area contributed by atoms with Gasteiger partial charge in [0.2, 0.25) is 5.91 Å². The highest BCUT2D eigenvalue weighted by atomic mass is 16.4. The van der Waals surface area contributed by atoms with Crippen molar-refractivity contribution in [1.82, 2.24) is 9.13 Å². The average molecular weight is 393 g/mol. The van der Waals surface area contributed by atoms with Crippen molar-refractivity contribution >= 4 is 17.6 Å². The van der Waals surface area contributed by atoms with Crippen LogP contribution in [0.15, 0.2) is 76.4 Å². The maximum Gasteiger partial charge on any atom is 0.331 e. The Balaban J connectivity index is 1.76. The molecule has 8 nitrogen and oxygen atoms in total. The topological polar surface area (TPSA) is 110 Å². The number of carboxylic acids is 1. The van der Waals surface area contributed by atoms with E-state index in [9.17, 15) is 19.2 Å². The molecule has 0 fully saturated rings. The quantitative estimate of drug-likeness (QED) is 0.629. The maximum atomic E-state index is 12.6. The van der Waals surface area contributed by atoms with Gasteiger partial charge in [0.15, 0.2) is 0 Å². The summed E-state index contributed by atoms with van der Waals surface area (Å²) in [5.41, 5.74) is 0.643. The van der Waals surface area contributed by atoms with Crippen LogP contribution in [-0.2, 0) is 29.1 Å². The molecule has 1 amide bonds. The zero-order valence-corrected chi connectivity index (χ0v) is 15.4. The number of carboxylic acid groups (broad SMARTS) is 1. The molecule has 0 spiro atoms. The standard InChI is InChI=1S/C21H19N3O5/c25-18(22-17-8-4-7-16(11-17)12-20(27)28)14-24-19(26)9-10-23(21(24)29)13-15-5-2-1-3-6-15/h1-11H,12-14H2,(H,22,25)(H,27,28). The van der Waals surface area contributed by atoms with Gasteiger partial charge in [0.05, 0.1) is 13.0 Å². The Morgan fingerprint density at radius 1 is 0.931 bits per heavy atom. The van der Waals surface area contributed by atoms with Crippen LogP contribution in [0.25, 0.3) is 0 Å². The van der Waals surface area contributed by atoms with Crippen LogP contribution in [0.4, 0.5) is 5.69 Å². The summed E-state index contributed by atoms with van der Waals surface area (Å²) in [6, 6.07) is 16.9. The van der Waals surface area contributed by atoms with E-state index < -0.39 is 29.7 Å². The Kier molecular flexibility index (Phi) is 6.03. The van der Waals surface area contributed by atoms with Gasteiger partial charge >= 0.3 is 11.7 Å². The number of aromatic nitrogens is 2. The molecule has 1 heterocycles. The molecule has 0 saturated heterocycles. The lowest BCUT2D eigenvalue weighted by Gasteiger charge is -2.11. The molecular formula is C21H19N3O5. The molecule has 29 heavy (non-hydrogen) atoms. The summed E-state index contributed by atoms with van der Waals surface area (Å²) >= 11 is 0. The number of nitrogens with one attached hydrogen (secondary N) is 1. The fourth-order valence-electron chi connectivity index (χ4n) is 2.88. The van der Waals surface area contributed by atoms with Crippen molar-refractivity contribution in [1.29, 1.82) is 0 Å². The van der Waals surface area contributed by atoms with Crippen LogP contribution in [0.1, 0.15) is 11.1 Å². The van der Waals surface area contributed by atoms with E-state index in [0.29, 0.717) is 11.3 Å². The van der Waals surface area contributed by atoms with Crippen LogP contribution in [0, 0.1) is 0 Å². The van der Waals surface area contributed by atoms with E-state index in [1.165, 1.54) is 22.9 Å². The van der Waals surface area contributed by atoms with Crippen molar-refractivity contribution in [2.75, 3.05) is 5.32 Å². The number of rotatable bonds is 7. The molecule has 0 aliphatic rings. The fourth-order valence-corrected chi connectivity index (χ4v) is 2.88. The van der Waals surface area contributed by atoms with Crippen molar-refractivity contribution in [3.8, 4) is 0 Å². The van der Waals surface area contributed by atoms with Crippen LogP contribution in [0.2, 0.25) is 0 Å². The van der Waals surface area contributed by atoms with Gasteiger partial charge in [-0.25, -0.2) is 4.79 Å². The van der Waals surface area contributed by atoms with E-state index >= 15 is 0 Å². The zero-order chi connectivity index (χ0) is 20.8. The number of benzene rings is 2. The average Bonchev–Trinajstić information content (AvgIpc) is 2.68. The molecule has 1 aromatic heterocycles. The molecule has 0 aliphatic carbocycles. The van der Waals surface area contributed by atoms with Gasteiger partial charge in [-0.1, -0.05) is 42.5 Å². The Labute approximate surface area is 165 Å². The Morgan fingerprint density at radius 2 is 1.66 bits per heavy atom. The highest BCUT2D eigenvalue weighted by Gasteiger charge is 2.11. The predicted molar refractivity (Wildman–Crippen MR) is 107 cm³/mol. The molecule has 0 unspecified atom stereocenters. The lowest BCUT2D eigenvalue weighted by atomic mass is 10.1. The minimum atomic E-state index is -0.983. The number of carbonyl (C=O) groups excluding carboxylic acids is 1. The summed E-state index contributed by atoms with van der Waals surface area (Å²) in [6.45, 7) is -0.171. The second kappa shape index (κ2) is 8.83. The number of carbonyl (C=O) groups is 2. The summed E-state index contributed by atoms with van der Waals surface area (Å²) in [6.07, 6.45) is 1.23. The van der Waals surface area contributed by atoms with Crippen molar-refractivity contribution in [2.24, 2.45) is 0 Å². The number of hydrogen-bond donors (Lipinski definition) is 2. The second-order valence-electron chi connectivity index (χ2n) is 6.46. The largest absolute Gasteiger partial charge is 0.481 e. The van der Waals surface area contributed by atoms with Gasteiger partial charge in [0.1, 0.15) is 6.54 Å². The number of amides is 1. The van der Waals surface area contributed by atoms with E-state index in [-0.39, 0.29) is 13.0 Å². The summed E-state index contributed by atoms with van der Waals surface area (Å²) in [5.74, 6) is -1.54.